The van der Waals surface area contributed by atoms with E-state index >= 15 is 0 Å². The molecule has 0 heterocycles. The summed E-state index contributed by atoms with van der Waals surface area (Å²) in [5.74, 6) is 0.0717. The minimum absolute atomic E-state index is 0.0121. The van der Waals surface area contributed by atoms with Crippen LogP contribution >= 0.6 is 0 Å². The molecule has 18 heteroatoms. The van der Waals surface area contributed by atoms with E-state index in [0.29, 0.717) is 34.4 Å². The highest BCUT2D eigenvalue weighted by atomic mass is 32.2. The Hall–Kier alpha value is -5.82. The lowest BCUT2D eigenvalue weighted by molar-refractivity contribution is 0.331. The maximum atomic E-state index is 13.2. The molecule has 0 amide bonds. The number of benzene rings is 6. The van der Waals surface area contributed by atoms with Gasteiger partial charge in [0.15, 0.2) is 0 Å². The van der Waals surface area contributed by atoms with Crippen LogP contribution in [0.2, 0.25) is 0 Å². The Balaban J connectivity index is 1.03. The van der Waals surface area contributed by atoms with E-state index in [9.17, 15) is 33.7 Å². The van der Waals surface area contributed by atoms with Crippen LogP contribution in [-0.2, 0) is 49.0 Å². The van der Waals surface area contributed by atoms with Crippen LogP contribution in [0.25, 0.3) is 21.5 Å². The Morgan fingerprint density at radius 1 is 0.397 bits per heavy atom. The maximum absolute atomic E-state index is 13.2. The Bertz CT molecular complexity index is 2870. The number of oxime groups is 2. The number of aryl methyl sites for hydroxylation is 2. The van der Waals surface area contributed by atoms with Gasteiger partial charge < -0.3 is 8.37 Å². The van der Waals surface area contributed by atoms with Crippen LogP contribution in [0.4, 0.5) is 0 Å². The van der Waals surface area contributed by atoms with E-state index in [-0.39, 0.29) is 55.3 Å². The smallest absolute Gasteiger partial charge is 0.358 e. The quantitative estimate of drug-likeness (QED) is 0.0867. The van der Waals surface area contributed by atoms with Crippen molar-refractivity contribution in [1.82, 2.24) is 0 Å². The molecule has 0 bridgehead atoms. The molecule has 300 valence electrons. The Morgan fingerprint density at radius 2 is 0.724 bits per heavy atom. The van der Waals surface area contributed by atoms with Gasteiger partial charge in [0.25, 0.3) is 0 Å². The van der Waals surface area contributed by atoms with E-state index in [1.807, 2.05) is 13.8 Å². The number of nitrogens with zero attached hydrogens (tertiary/aromatic N) is 2. The lowest BCUT2D eigenvalue weighted by atomic mass is 9.97. The monoisotopic (exact) mass is 862 g/mol. The molecule has 0 N–H and O–H groups in total. The first kappa shape index (κ1) is 40.4. The lowest BCUT2D eigenvalue weighted by Crippen LogP contribution is -2.21. The van der Waals surface area contributed by atoms with Crippen LogP contribution in [0.1, 0.15) is 36.8 Å². The van der Waals surface area contributed by atoms with Crippen molar-refractivity contribution < 1.29 is 50.6 Å². The van der Waals surface area contributed by atoms with Crippen molar-refractivity contribution in [2.24, 2.45) is 10.3 Å². The van der Waals surface area contributed by atoms with Crippen LogP contribution in [0.5, 0.6) is 11.5 Å². The summed E-state index contributed by atoms with van der Waals surface area (Å²) < 4.78 is 124. The van der Waals surface area contributed by atoms with Gasteiger partial charge in [-0.05, 0) is 134 Å². The van der Waals surface area contributed by atoms with Gasteiger partial charge in [-0.1, -0.05) is 70.0 Å². The first-order chi connectivity index (χ1) is 27.5. The predicted octanol–water partition coefficient (Wildman–Crippen LogP) is 7.54. The van der Waals surface area contributed by atoms with Crippen molar-refractivity contribution >= 4 is 73.4 Å². The molecule has 0 saturated heterocycles. The summed E-state index contributed by atoms with van der Waals surface area (Å²) in [6.45, 7) is 3.66. The summed E-state index contributed by atoms with van der Waals surface area (Å²) >= 11 is 0. The van der Waals surface area contributed by atoms with Gasteiger partial charge in [-0.3, -0.25) is 8.57 Å². The second-order valence-electron chi connectivity index (χ2n) is 13.4. The van der Waals surface area contributed by atoms with Crippen LogP contribution in [0.3, 0.4) is 0 Å². The number of fused-ring (bicyclic) bond motifs is 2. The van der Waals surface area contributed by atoms with E-state index in [4.69, 9.17) is 16.9 Å². The molecule has 0 spiro atoms. The van der Waals surface area contributed by atoms with Gasteiger partial charge in [0.1, 0.15) is 42.5 Å². The van der Waals surface area contributed by atoms with E-state index in [0.717, 1.165) is 11.1 Å². The molecule has 7 rings (SSSR count). The fraction of sp³-hybridized carbons (Fsp3) is 0.150. The molecule has 6 aromatic rings. The van der Waals surface area contributed by atoms with Crippen molar-refractivity contribution in [3.05, 3.63) is 132 Å². The van der Waals surface area contributed by atoms with E-state index < -0.39 is 40.5 Å². The Morgan fingerprint density at radius 3 is 1.10 bits per heavy atom. The summed E-state index contributed by atoms with van der Waals surface area (Å²) in [5.41, 5.74) is 1.96. The van der Waals surface area contributed by atoms with Crippen LogP contribution in [-0.4, -0.2) is 45.1 Å². The fourth-order valence-electron chi connectivity index (χ4n) is 5.92. The van der Waals surface area contributed by atoms with E-state index in [1.54, 1.807) is 24.3 Å². The molecule has 14 nitrogen and oxygen atoms in total. The molecule has 1 saturated carbocycles. The summed E-state index contributed by atoms with van der Waals surface area (Å²) in [4.78, 5) is -0.494. The SMILES string of the molecule is Cc1ccc(S(=O)(=O)Oc2ccc3cc(S(=O)(=O)ON=C4CCCCC4=NOS(=O)(=O)c4ccc5cc(OS(=O)(=O)c6ccc(C)cc6)ccc5c4)ccc3c2)cc1. The molecule has 0 aliphatic heterocycles. The largest absolute Gasteiger partial charge is 0.379 e. The molecule has 1 aliphatic rings. The third-order valence-corrected chi connectivity index (χ3v) is 13.8. The van der Waals surface area contributed by atoms with E-state index in [1.165, 1.54) is 97.1 Å². The molecule has 58 heavy (non-hydrogen) atoms. The third-order valence-electron chi connectivity index (χ3n) is 9.08. The van der Waals surface area contributed by atoms with Crippen LogP contribution in [0.15, 0.2) is 151 Å². The first-order valence-corrected chi connectivity index (χ1v) is 23.2. The van der Waals surface area contributed by atoms with Gasteiger partial charge >= 0.3 is 40.5 Å². The Kier molecular flexibility index (Phi) is 11.0. The topological polar surface area (TPSA) is 198 Å². The zero-order valence-corrected chi connectivity index (χ0v) is 34.1. The zero-order chi connectivity index (χ0) is 41.3. The molecular weight excluding hydrogens is 829 g/mol. The molecule has 0 radical (unpaired) electrons. The van der Waals surface area contributed by atoms with Crippen molar-refractivity contribution in [2.75, 3.05) is 0 Å². The number of hydrogen-bond donors (Lipinski definition) is 0. The lowest BCUT2D eigenvalue weighted by Gasteiger charge is -2.14. The van der Waals surface area contributed by atoms with Gasteiger partial charge in [0, 0.05) is 0 Å². The third kappa shape index (κ3) is 9.15. The van der Waals surface area contributed by atoms with Gasteiger partial charge in [-0.25, -0.2) is 0 Å². The molecule has 1 fully saturated rings. The number of rotatable bonds is 12. The first-order valence-electron chi connectivity index (χ1n) is 17.6. The van der Waals surface area contributed by atoms with Crippen molar-refractivity contribution in [1.29, 1.82) is 0 Å². The van der Waals surface area contributed by atoms with Crippen LogP contribution < -0.4 is 8.37 Å². The van der Waals surface area contributed by atoms with E-state index in [2.05, 4.69) is 10.3 Å². The summed E-state index contributed by atoms with van der Waals surface area (Å²) in [6.07, 6.45) is 1.70. The van der Waals surface area contributed by atoms with Crippen molar-refractivity contribution in [3.8, 4) is 11.5 Å². The van der Waals surface area contributed by atoms with Crippen molar-refractivity contribution in [2.45, 2.75) is 59.1 Å². The molecule has 6 aromatic carbocycles. The summed E-state index contributed by atoms with van der Waals surface area (Å²) in [6, 6.07) is 29.2. The molecule has 0 atom stereocenters. The van der Waals surface area contributed by atoms with Gasteiger partial charge in [-0.15, -0.1) is 0 Å². The average molecular weight is 863 g/mol. The average Bonchev–Trinajstić information content (AvgIpc) is 3.19. The molecule has 0 unspecified atom stereocenters. The van der Waals surface area contributed by atoms with Gasteiger partial charge in [0.2, 0.25) is 0 Å². The summed E-state index contributed by atoms with van der Waals surface area (Å²) in [7, 11) is -17.1. The fourth-order valence-corrected chi connectivity index (χ4v) is 9.33. The standard InChI is InChI=1S/C40H34N2O12S4/c1-27-7-17-35(18-8-27)55(43,44)51-33-15-11-31-25-37(21-13-29(31)23-33)57(47,48)53-41-39-5-3-4-6-40(39)42-54-58(49,50)38-22-14-30-24-34(16-12-32(30)26-38)52-56(45,46)36-19-9-28(2)10-20-36/h7-26H,3-6H2,1-2H3. The maximum Gasteiger partial charge on any atom is 0.358 e. The highest BCUT2D eigenvalue weighted by molar-refractivity contribution is 7.87. The summed E-state index contributed by atoms with van der Waals surface area (Å²) in [5, 5.41) is 9.56. The molecule has 0 aromatic heterocycles. The Labute approximate surface area is 335 Å². The zero-order valence-electron chi connectivity index (χ0n) is 30.8. The minimum atomic E-state index is -4.46. The highest BCUT2D eigenvalue weighted by Crippen LogP contribution is 2.29. The van der Waals surface area contributed by atoms with Gasteiger partial charge in [0.05, 0.1) is 0 Å². The normalized spacial score (nSPS) is 15.4. The second kappa shape index (κ2) is 15.8. The highest BCUT2D eigenvalue weighted by Gasteiger charge is 2.24. The van der Waals surface area contributed by atoms with Gasteiger partial charge in [-0.2, -0.15) is 33.7 Å². The molecular formula is C40H34N2O12S4. The second-order valence-corrected chi connectivity index (χ2v) is 19.5. The predicted molar refractivity (Wildman–Crippen MR) is 216 cm³/mol. The molecule has 1 aliphatic carbocycles. The van der Waals surface area contributed by atoms with Crippen molar-refractivity contribution in [3.63, 3.8) is 0 Å². The minimum Gasteiger partial charge on any atom is -0.379 e. The number of hydrogen-bond acceptors (Lipinski definition) is 14. The van der Waals surface area contributed by atoms with Crippen LogP contribution in [0, 0.1) is 13.8 Å².